The van der Waals surface area contributed by atoms with Crippen molar-refractivity contribution in [3.8, 4) is 0 Å². The van der Waals surface area contributed by atoms with Crippen LogP contribution in [0.2, 0.25) is 0 Å². The zero-order valence-electron chi connectivity index (χ0n) is 22.4. The normalized spacial score (nSPS) is 22.2. The van der Waals surface area contributed by atoms with Gasteiger partial charge in [-0.1, -0.05) is 48.6 Å². The van der Waals surface area contributed by atoms with E-state index >= 15 is 0 Å². The Morgan fingerprint density at radius 1 is 1.15 bits per heavy atom. The van der Waals surface area contributed by atoms with Crippen molar-refractivity contribution >= 4 is 49.4 Å². The number of fused-ring (bicyclic) bond motifs is 2. The highest BCUT2D eigenvalue weighted by atomic mass is 32.2. The maximum absolute atomic E-state index is 11.6. The smallest absolute Gasteiger partial charge is 0.266 e. The van der Waals surface area contributed by atoms with Gasteiger partial charge in [0.1, 0.15) is 6.61 Å². The minimum absolute atomic E-state index is 0.0536. The lowest BCUT2D eigenvalue weighted by molar-refractivity contribution is -0.282. The summed E-state index contributed by atoms with van der Waals surface area (Å²) in [4.78, 5) is 13.6. The molecule has 1 aromatic rings. The highest BCUT2D eigenvalue weighted by Gasteiger charge is 2.34. The molecular formula is C27H33NO8S4. The van der Waals surface area contributed by atoms with Crippen LogP contribution in [0.15, 0.2) is 80.1 Å². The van der Waals surface area contributed by atoms with E-state index in [1.807, 2.05) is 43.0 Å². The minimum Gasteiger partial charge on any atom is -0.334 e. The third kappa shape index (κ3) is 8.13. The predicted molar refractivity (Wildman–Crippen MR) is 160 cm³/mol. The van der Waals surface area contributed by atoms with E-state index < -0.39 is 26.0 Å². The van der Waals surface area contributed by atoms with Crippen molar-refractivity contribution in [3.63, 3.8) is 0 Å². The molecule has 0 bridgehead atoms. The second-order valence-corrected chi connectivity index (χ2v) is 15.1. The molecule has 2 atom stereocenters. The van der Waals surface area contributed by atoms with Crippen LogP contribution in [-0.2, 0) is 36.6 Å². The molecule has 1 aromatic carbocycles. The first-order valence-electron chi connectivity index (χ1n) is 12.7. The van der Waals surface area contributed by atoms with Crippen molar-refractivity contribution in [1.82, 2.24) is 0 Å². The van der Waals surface area contributed by atoms with E-state index in [-0.39, 0.29) is 36.5 Å². The standard InChI is InChI=1S/C27H33NO8S4/c1-4-19(15-26-21(9-11-39(29,30)31)22-13-18(2)5-7-24(22)37-26)16-27-28(10-12-40(32,33)34)23-14-20(17-36-35-3)6-8-25(23)38-27/h5-8,13-16,22,24H,4,9-12,17H2,1-3H3,(H,29,30,31)(H,32,33,34)/b19-15+,27-16-. The number of allylic oxidation sites excluding steroid dienone is 7. The summed E-state index contributed by atoms with van der Waals surface area (Å²) in [5.74, 6) is -0.721. The second-order valence-electron chi connectivity index (χ2n) is 9.63. The van der Waals surface area contributed by atoms with E-state index in [9.17, 15) is 25.9 Å². The average molecular weight is 628 g/mol. The van der Waals surface area contributed by atoms with E-state index in [0.717, 1.165) is 42.8 Å². The molecule has 40 heavy (non-hydrogen) atoms. The maximum Gasteiger partial charge on any atom is 0.266 e. The molecule has 2 heterocycles. The molecule has 2 aliphatic heterocycles. The van der Waals surface area contributed by atoms with Crippen molar-refractivity contribution in [3.05, 3.63) is 80.8 Å². The van der Waals surface area contributed by atoms with Gasteiger partial charge in [0, 0.05) is 27.5 Å². The third-order valence-corrected chi connectivity index (χ3v) is 10.6. The Labute approximate surface area is 244 Å². The first-order valence-corrected chi connectivity index (χ1v) is 17.6. The Hall–Kier alpha value is -1.84. The van der Waals surface area contributed by atoms with Gasteiger partial charge in [-0.15, -0.1) is 11.8 Å². The fraction of sp³-hybridized carbons (Fsp3) is 0.407. The molecule has 4 rings (SSSR count). The summed E-state index contributed by atoms with van der Waals surface area (Å²) in [6, 6.07) is 5.77. The number of nitrogens with zero attached hydrogens (tertiary/aromatic N) is 1. The van der Waals surface area contributed by atoms with E-state index in [1.54, 1.807) is 11.8 Å². The number of rotatable bonds is 12. The van der Waals surface area contributed by atoms with Crippen molar-refractivity contribution < 1.29 is 35.7 Å². The zero-order valence-corrected chi connectivity index (χ0v) is 25.7. The molecule has 0 saturated carbocycles. The fourth-order valence-electron chi connectivity index (χ4n) is 4.73. The highest BCUT2D eigenvalue weighted by molar-refractivity contribution is 8.04. The Morgan fingerprint density at radius 3 is 2.58 bits per heavy atom. The fourth-order valence-corrected chi connectivity index (χ4v) is 8.22. The van der Waals surface area contributed by atoms with E-state index in [0.29, 0.717) is 6.42 Å². The van der Waals surface area contributed by atoms with E-state index in [4.69, 9.17) is 9.78 Å². The number of benzene rings is 1. The monoisotopic (exact) mass is 627 g/mol. The number of thioether (sulfide) groups is 2. The molecule has 3 aliphatic rings. The van der Waals surface area contributed by atoms with Gasteiger partial charge in [-0.05, 0) is 60.8 Å². The van der Waals surface area contributed by atoms with Gasteiger partial charge < -0.3 is 4.90 Å². The number of hydrogen-bond acceptors (Lipinski definition) is 9. The maximum atomic E-state index is 11.6. The first-order chi connectivity index (χ1) is 18.9. The van der Waals surface area contributed by atoms with E-state index in [1.165, 1.54) is 18.9 Å². The average Bonchev–Trinajstić information content (AvgIpc) is 3.39. The van der Waals surface area contributed by atoms with Crippen molar-refractivity contribution in [2.45, 2.75) is 43.4 Å². The molecule has 13 heteroatoms. The SMILES string of the molecule is CCC(/C=C1\Sc2ccc(COOC)cc2N1CCS(=O)(=O)O)=C\C1=C(CCS(=O)(=O)O)C2C=C(C)C=CC2S1. The van der Waals surface area contributed by atoms with Gasteiger partial charge in [-0.2, -0.15) is 16.8 Å². The Morgan fingerprint density at radius 2 is 1.90 bits per heavy atom. The molecule has 0 spiro atoms. The molecule has 2 unspecified atom stereocenters. The van der Waals surface area contributed by atoms with Crippen molar-refractivity contribution in [1.29, 1.82) is 0 Å². The minimum atomic E-state index is -4.19. The largest absolute Gasteiger partial charge is 0.334 e. The summed E-state index contributed by atoms with van der Waals surface area (Å²) in [6.07, 6.45) is 11.3. The first kappa shape index (κ1) is 31.1. The van der Waals surface area contributed by atoms with Crippen LogP contribution in [0.4, 0.5) is 5.69 Å². The molecule has 0 fully saturated rings. The molecule has 0 amide bonds. The lowest BCUT2D eigenvalue weighted by Crippen LogP contribution is -2.25. The third-order valence-electron chi connectivity index (χ3n) is 6.70. The molecular weight excluding hydrogens is 595 g/mol. The summed E-state index contributed by atoms with van der Waals surface area (Å²) in [5.41, 5.74) is 4.73. The Kier molecular flexibility index (Phi) is 10.1. The predicted octanol–water partition coefficient (Wildman–Crippen LogP) is 5.52. The zero-order chi connectivity index (χ0) is 29.1. The Bertz CT molecular complexity index is 1510. The second kappa shape index (κ2) is 13.0. The number of hydrogen-bond donors (Lipinski definition) is 2. The van der Waals surface area contributed by atoms with Crippen molar-refractivity contribution in [2.24, 2.45) is 5.92 Å². The lowest BCUT2D eigenvalue weighted by Gasteiger charge is -2.20. The van der Waals surface area contributed by atoms with Gasteiger partial charge in [-0.3, -0.25) is 9.11 Å². The van der Waals surface area contributed by atoms with Crippen LogP contribution in [0.25, 0.3) is 0 Å². The molecule has 0 aromatic heterocycles. The quantitative estimate of drug-likeness (QED) is 0.173. The summed E-state index contributed by atoms with van der Waals surface area (Å²) < 4.78 is 65.2. The van der Waals surface area contributed by atoms with E-state index in [2.05, 4.69) is 24.3 Å². The van der Waals surface area contributed by atoms with Crippen LogP contribution in [0.1, 0.15) is 32.3 Å². The molecule has 0 saturated heterocycles. The van der Waals surface area contributed by atoms with Crippen LogP contribution in [0, 0.1) is 5.92 Å². The van der Waals surface area contributed by atoms with Gasteiger partial charge in [-0.25, -0.2) is 9.78 Å². The van der Waals surface area contributed by atoms with Gasteiger partial charge >= 0.3 is 0 Å². The summed E-state index contributed by atoms with van der Waals surface area (Å²) in [5, 5.41) is 0.967. The van der Waals surface area contributed by atoms with Gasteiger partial charge in [0.2, 0.25) is 0 Å². The topological polar surface area (TPSA) is 130 Å². The Balaban J connectivity index is 1.71. The lowest BCUT2D eigenvalue weighted by atomic mass is 9.88. The van der Waals surface area contributed by atoms with Gasteiger partial charge in [0.15, 0.2) is 0 Å². The van der Waals surface area contributed by atoms with Gasteiger partial charge in [0.25, 0.3) is 20.2 Å². The van der Waals surface area contributed by atoms with Crippen LogP contribution < -0.4 is 4.90 Å². The van der Waals surface area contributed by atoms with Crippen LogP contribution in [-0.4, -0.2) is 56.4 Å². The van der Waals surface area contributed by atoms with Crippen molar-refractivity contribution in [2.75, 3.05) is 30.1 Å². The highest BCUT2D eigenvalue weighted by Crippen LogP contribution is 2.49. The summed E-state index contributed by atoms with van der Waals surface area (Å²) >= 11 is 3.18. The van der Waals surface area contributed by atoms with Crippen LogP contribution in [0.3, 0.4) is 0 Å². The molecule has 0 radical (unpaired) electrons. The molecule has 2 N–H and O–H groups in total. The molecule has 1 aliphatic carbocycles. The van der Waals surface area contributed by atoms with Gasteiger partial charge in [0.05, 0.1) is 29.3 Å². The summed E-state index contributed by atoms with van der Waals surface area (Å²) in [7, 11) is -6.88. The number of anilines is 1. The summed E-state index contributed by atoms with van der Waals surface area (Å²) in [6.45, 7) is 4.32. The molecule has 218 valence electrons. The van der Waals surface area contributed by atoms with Crippen LogP contribution in [0.5, 0.6) is 0 Å². The van der Waals surface area contributed by atoms with Crippen LogP contribution >= 0.6 is 23.5 Å². The molecule has 9 nitrogen and oxygen atoms in total.